The number of aliphatic carboxylic acids is 1. The molecule has 4 heteroatoms. The first-order chi connectivity index (χ1) is 12.3. The van der Waals surface area contributed by atoms with E-state index in [4.69, 9.17) is 4.74 Å². The Morgan fingerprint density at radius 3 is 2.23 bits per heavy atom. The molecule has 5 atom stereocenters. The fraction of sp³-hybridized carbons (Fsp3) is 0.909. The molecule has 0 radical (unpaired) electrons. The third-order valence-electron chi connectivity index (χ3n) is 6.99. The Bertz CT molecular complexity index is 467. The highest BCUT2D eigenvalue weighted by Gasteiger charge is 2.42. The monoisotopic (exact) mass is 366 g/mol. The number of rotatable bonds is 7. The van der Waals surface area contributed by atoms with Gasteiger partial charge >= 0.3 is 11.9 Å². The summed E-state index contributed by atoms with van der Waals surface area (Å²) < 4.78 is 6.08. The van der Waals surface area contributed by atoms with E-state index in [0.29, 0.717) is 24.2 Å². The van der Waals surface area contributed by atoms with Crippen LogP contribution in [0.5, 0.6) is 0 Å². The molecule has 150 valence electrons. The standard InChI is InChI=1S/C22H38O4/c1-14(2)16(4)13-19(17-10-6-5-7-11-17)26-22(25)18-12-8-9-15(3)20(18)21(23)24/h14-20H,5-13H2,1-4H3,(H,23,24). The normalized spacial score (nSPS) is 30.0. The third-order valence-corrected chi connectivity index (χ3v) is 6.99. The van der Waals surface area contributed by atoms with Crippen molar-refractivity contribution in [2.45, 2.75) is 91.6 Å². The molecule has 0 aliphatic heterocycles. The molecule has 0 heterocycles. The molecule has 0 saturated heterocycles. The molecule has 2 rings (SSSR count). The molecule has 2 fully saturated rings. The maximum atomic E-state index is 13.0. The summed E-state index contributed by atoms with van der Waals surface area (Å²) in [5.74, 6) is -0.627. The summed E-state index contributed by atoms with van der Waals surface area (Å²) in [4.78, 5) is 24.7. The Balaban J connectivity index is 2.09. The minimum atomic E-state index is -0.844. The van der Waals surface area contributed by atoms with Crippen LogP contribution in [0, 0.1) is 35.5 Å². The van der Waals surface area contributed by atoms with E-state index in [9.17, 15) is 14.7 Å². The van der Waals surface area contributed by atoms with Crippen LogP contribution in [-0.2, 0) is 14.3 Å². The zero-order valence-electron chi connectivity index (χ0n) is 17.1. The molecule has 5 unspecified atom stereocenters. The topological polar surface area (TPSA) is 63.6 Å². The first kappa shape index (κ1) is 21.2. The van der Waals surface area contributed by atoms with Crippen molar-refractivity contribution in [3.05, 3.63) is 0 Å². The molecule has 0 spiro atoms. The molecule has 26 heavy (non-hydrogen) atoms. The maximum Gasteiger partial charge on any atom is 0.310 e. The summed E-state index contributed by atoms with van der Waals surface area (Å²) in [5, 5.41) is 9.62. The summed E-state index contributed by atoms with van der Waals surface area (Å²) >= 11 is 0. The number of hydrogen-bond donors (Lipinski definition) is 1. The van der Waals surface area contributed by atoms with Gasteiger partial charge in [-0.05, 0) is 55.8 Å². The number of carbonyl (C=O) groups is 2. The van der Waals surface area contributed by atoms with Crippen molar-refractivity contribution >= 4 is 11.9 Å². The van der Waals surface area contributed by atoms with E-state index >= 15 is 0 Å². The lowest BCUT2D eigenvalue weighted by molar-refractivity contribution is -0.169. The van der Waals surface area contributed by atoms with Crippen LogP contribution in [0.3, 0.4) is 0 Å². The number of carboxylic acid groups (broad SMARTS) is 1. The fourth-order valence-electron chi connectivity index (χ4n) is 4.81. The van der Waals surface area contributed by atoms with Crippen molar-refractivity contribution in [2.24, 2.45) is 35.5 Å². The van der Waals surface area contributed by atoms with Gasteiger partial charge in [-0.3, -0.25) is 9.59 Å². The van der Waals surface area contributed by atoms with Gasteiger partial charge in [0.2, 0.25) is 0 Å². The molecule has 2 aliphatic rings. The first-order valence-electron chi connectivity index (χ1n) is 10.7. The third kappa shape index (κ3) is 5.47. The van der Waals surface area contributed by atoms with E-state index in [0.717, 1.165) is 32.1 Å². The Kier molecular flexibility index (Phi) is 7.97. The molecule has 0 aromatic heterocycles. The second kappa shape index (κ2) is 9.75. The Labute approximate surface area is 159 Å². The van der Waals surface area contributed by atoms with Gasteiger partial charge in [0, 0.05) is 0 Å². The Morgan fingerprint density at radius 1 is 1.00 bits per heavy atom. The van der Waals surface area contributed by atoms with Gasteiger partial charge in [0.15, 0.2) is 0 Å². The molecule has 4 nitrogen and oxygen atoms in total. The maximum absolute atomic E-state index is 13.0. The Morgan fingerprint density at radius 2 is 1.65 bits per heavy atom. The minimum absolute atomic E-state index is 0.0431. The van der Waals surface area contributed by atoms with Crippen molar-refractivity contribution in [3.63, 3.8) is 0 Å². The highest BCUT2D eigenvalue weighted by atomic mass is 16.5. The highest BCUT2D eigenvalue weighted by molar-refractivity contribution is 5.81. The lowest BCUT2D eigenvalue weighted by atomic mass is 9.72. The number of hydrogen-bond acceptors (Lipinski definition) is 3. The molecule has 0 bridgehead atoms. The Hall–Kier alpha value is -1.06. The average Bonchev–Trinajstić information content (AvgIpc) is 2.61. The summed E-state index contributed by atoms with van der Waals surface area (Å²) in [5.41, 5.74) is 0. The van der Waals surface area contributed by atoms with Gasteiger partial charge in [-0.2, -0.15) is 0 Å². The predicted octanol–water partition coefficient (Wildman–Crippen LogP) is 5.30. The second-order valence-electron chi connectivity index (χ2n) is 9.21. The van der Waals surface area contributed by atoms with Crippen LogP contribution in [0.4, 0.5) is 0 Å². The van der Waals surface area contributed by atoms with Gasteiger partial charge in [-0.25, -0.2) is 0 Å². The van der Waals surface area contributed by atoms with Crippen LogP contribution in [-0.4, -0.2) is 23.1 Å². The van der Waals surface area contributed by atoms with Crippen LogP contribution in [0.25, 0.3) is 0 Å². The zero-order valence-corrected chi connectivity index (χ0v) is 17.1. The number of carboxylic acids is 1. The molecular formula is C22H38O4. The smallest absolute Gasteiger partial charge is 0.310 e. The summed E-state index contributed by atoms with van der Waals surface area (Å²) in [6.45, 7) is 8.62. The number of ether oxygens (including phenoxy) is 1. The van der Waals surface area contributed by atoms with Crippen LogP contribution >= 0.6 is 0 Å². The molecule has 2 saturated carbocycles. The van der Waals surface area contributed by atoms with E-state index in [-0.39, 0.29) is 18.0 Å². The fourth-order valence-corrected chi connectivity index (χ4v) is 4.81. The average molecular weight is 367 g/mol. The summed E-state index contributed by atoms with van der Waals surface area (Å²) in [7, 11) is 0. The SMILES string of the molecule is CC(C)C(C)CC(OC(=O)C1CCCC(C)C1C(=O)O)C1CCCCC1. The van der Waals surface area contributed by atoms with Crippen molar-refractivity contribution in [3.8, 4) is 0 Å². The minimum Gasteiger partial charge on any atom is -0.481 e. The van der Waals surface area contributed by atoms with E-state index in [1.165, 1.54) is 19.3 Å². The van der Waals surface area contributed by atoms with E-state index in [1.807, 2.05) is 6.92 Å². The van der Waals surface area contributed by atoms with Crippen LogP contribution in [0.1, 0.15) is 85.5 Å². The number of carbonyl (C=O) groups excluding carboxylic acids is 1. The van der Waals surface area contributed by atoms with Crippen LogP contribution in [0.2, 0.25) is 0 Å². The molecule has 2 aliphatic carbocycles. The van der Waals surface area contributed by atoms with Gasteiger partial charge in [0.25, 0.3) is 0 Å². The molecule has 0 aromatic carbocycles. The largest absolute Gasteiger partial charge is 0.481 e. The number of esters is 1. The van der Waals surface area contributed by atoms with Gasteiger partial charge in [-0.15, -0.1) is 0 Å². The lowest BCUT2D eigenvalue weighted by Gasteiger charge is -2.36. The van der Waals surface area contributed by atoms with Crippen molar-refractivity contribution in [2.75, 3.05) is 0 Å². The van der Waals surface area contributed by atoms with Gasteiger partial charge in [0.05, 0.1) is 11.8 Å². The van der Waals surface area contributed by atoms with Crippen molar-refractivity contribution in [1.82, 2.24) is 0 Å². The molecular weight excluding hydrogens is 328 g/mol. The zero-order chi connectivity index (χ0) is 19.3. The van der Waals surface area contributed by atoms with Crippen LogP contribution in [0.15, 0.2) is 0 Å². The predicted molar refractivity (Wildman–Crippen MR) is 103 cm³/mol. The van der Waals surface area contributed by atoms with Crippen LogP contribution < -0.4 is 0 Å². The second-order valence-corrected chi connectivity index (χ2v) is 9.21. The highest BCUT2D eigenvalue weighted by Crippen LogP contribution is 2.38. The van der Waals surface area contributed by atoms with Crippen molar-refractivity contribution in [1.29, 1.82) is 0 Å². The quantitative estimate of drug-likeness (QED) is 0.621. The van der Waals surface area contributed by atoms with Crippen molar-refractivity contribution < 1.29 is 19.4 Å². The van der Waals surface area contributed by atoms with E-state index in [1.54, 1.807) is 0 Å². The summed E-state index contributed by atoms with van der Waals surface area (Å²) in [6, 6.07) is 0. The van der Waals surface area contributed by atoms with Gasteiger partial charge < -0.3 is 9.84 Å². The molecule has 1 N–H and O–H groups in total. The van der Waals surface area contributed by atoms with E-state index in [2.05, 4.69) is 20.8 Å². The lowest BCUT2D eigenvalue weighted by Crippen LogP contribution is -2.41. The molecule has 0 amide bonds. The van der Waals surface area contributed by atoms with Gasteiger partial charge in [0.1, 0.15) is 6.10 Å². The molecule has 0 aromatic rings. The summed E-state index contributed by atoms with van der Waals surface area (Å²) in [6.07, 6.45) is 9.27. The first-order valence-corrected chi connectivity index (χ1v) is 10.7. The van der Waals surface area contributed by atoms with Gasteiger partial charge in [-0.1, -0.05) is 53.4 Å². The van der Waals surface area contributed by atoms with E-state index < -0.39 is 17.8 Å².